The SMILES string of the molecule is CCNc1nc(OC)nc(Oc2ccc(C)cc2OC)n1. The summed E-state index contributed by atoms with van der Waals surface area (Å²) in [5.74, 6) is 1.53. The molecule has 0 amide bonds. The number of aromatic nitrogens is 3. The minimum atomic E-state index is 0.139. The molecule has 21 heavy (non-hydrogen) atoms. The summed E-state index contributed by atoms with van der Waals surface area (Å²) in [5.41, 5.74) is 1.07. The summed E-state index contributed by atoms with van der Waals surface area (Å²) in [6, 6.07) is 5.92. The maximum absolute atomic E-state index is 5.68. The van der Waals surface area contributed by atoms with Crippen LogP contribution in [0.25, 0.3) is 0 Å². The van der Waals surface area contributed by atoms with Crippen LogP contribution in [0, 0.1) is 6.92 Å². The molecule has 0 spiro atoms. The summed E-state index contributed by atoms with van der Waals surface area (Å²) in [7, 11) is 3.07. The van der Waals surface area contributed by atoms with Gasteiger partial charge in [-0.1, -0.05) is 6.07 Å². The molecule has 1 N–H and O–H groups in total. The number of hydrogen-bond acceptors (Lipinski definition) is 7. The highest BCUT2D eigenvalue weighted by molar-refractivity contribution is 5.44. The maximum atomic E-state index is 5.68. The van der Waals surface area contributed by atoms with Crippen molar-refractivity contribution in [2.24, 2.45) is 0 Å². The Morgan fingerprint density at radius 1 is 1.00 bits per heavy atom. The number of anilines is 1. The first-order valence-electron chi connectivity index (χ1n) is 6.52. The summed E-state index contributed by atoms with van der Waals surface area (Å²) in [6.45, 7) is 4.60. The zero-order valence-corrected chi connectivity index (χ0v) is 12.5. The molecular formula is C14H18N4O3. The van der Waals surface area contributed by atoms with Crippen molar-refractivity contribution in [3.63, 3.8) is 0 Å². The molecule has 0 aliphatic heterocycles. The third-order valence-corrected chi connectivity index (χ3v) is 2.63. The van der Waals surface area contributed by atoms with E-state index in [1.165, 1.54) is 7.11 Å². The van der Waals surface area contributed by atoms with Crippen LogP contribution in [0.5, 0.6) is 23.5 Å². The molecule has 0 bridgehead atoms. The number of rotatable bonds is 6. The molecule has 0 aliphatic carbocycles. The summed E-state index contributed by atoms with van der Waals surface area (Å²) in [4.78, 5) is 12.3. The van der Waals surface area contributed by atoms with Crippen LogP contribution in [-0.4, -0.2) is 35.7 Å². The maximum Gasteiger partial charge on any atom is 0.330 e. The lowest BCUT2D eigenvalue weighted by Gasteiger charge is -2.11. The molecule has 1 heterocycles. The number of nitrogens with one attached hydrogen (secondary N) is 1. The van der Waals surface area contributed by atoms with Crippen molar-refractivity contribution >= 4 is 5.95 Å². The molecule has 0 radical (unpaired) electrons. The Hall–Kier alpha value is -2.57. The van der Waals surface area contributed by atoms with Crippen molar-refractivity contribution in [2.45, 2.75) is 13.8 Å². The normalized spacial score (nSPS) is 10.1. The first-order valence-corrected chi connectivity index (χ1v) is 6.52. The molecule has 7 nitrogen and oxygen atoms in total. The Bertz CT molecular complexity index is 619. The Labute approximate surface area is 123 Å². The first kappa shape index (κ1) is 14.8. The molecule has 2 aromatic rings. The Kier molecular flexibility index (Phi) is 4.76. The fourth-order valence-corrected chi connectivity index (χ4v) is 1.67. The Balaban J connectivity index is 2.32. The van der Waals surface area contributed by atoms with E-state index in [1.807, 2.05) is 26.0 Å². The number of methoxy groups -OCH3 is 2. The van der Waals surface area contributed by atoms with Crippen LogP contribution in [0.1, 0.15) is 12.5 Å². The molecular weight excluding hydrogens is 272 g/mol. The van der Waals surface area contributed by atoms with Crippen molar-refractivity contribution in [2.75, 3.05) is 26.1 Å². The molecule has 7 heteroatoms. The van der Waals surface area contributed by atoms with E-state index in [1.54, 1.807) is 13.2 Å². The van der Waals surface area contributed by atoms with Gasteiger partial charge in [-0.05, 0) is 31.5 Å². The highest BCUT2D eigenvalue weighted by Gasteiger charge is 2.11. The van der Waals surface area contributed by atoms with E-state index in [4.69, 9.17) is 14.2 Å². The lowest BCUT2D eigenvalue weighted by molar-refractivity contribution is 0.346. The van der Waals surface area contributed by atoms with Crippen LogP contribution in [0.3, 0.4) is 0 Å². The van der Waals surface area contributed by atoms with E-state index in [0.717, 1.165) is 5.56 Å². The molecule has 0 fully saturated rings. The van der Waals surface area contributed by atoms with Gasteiger partial charge < -0.3 is 19.5 Å². The molecule has 1 aromatic heterocycles. The van der Waals surface area contributed by atoms with Gasteiger partial charge in [0.15, 0.2) is 11.5 Å². The smallest absolute Gasteiger partial charge is 0.330 e. The third kappa shape index (κ3) is 3.71. The van der Waals surface area contributed by atoms with E-state index in [0.29, 0.717) is 24.0 Å². The quantitative estimate of drug-likeness (QED) is 0.875. The summed E-state index contributed by atoms with van der Waals surface area (Å²) in [6.07, 6.45) is 0. The Morgan fingerprint density at radius 3 is 2.43 bits per heavy atom. The number of hydrogen-bond donors (Lipinski definition) is 1. The molecule has 1 aromatic carbocycles. The predicted octanol–water partition coefficient (Wildman–Crippen LogP) is 2.42. The van der Waals surface area contributed by atoms with Crippen LogP contribution in [0.4, 0.5) is 5.95 Å². The van der Waals surface area contributed by atoms with Gasteiger partial charge in [-0.3, -0.25) is 0 Å². The monoisotopic (exact) mass is 290 g/mol. The largest absolute Gasteiger partial charge is 0.493 e. The van der Waals surface area contributed by atoms with E-state index < -0.39 is 0 Å². The van der Waals surface area contributed by atoms with Gasteiger partial charge in [-0.25, -0.2) is 0 Å². The second-order valence-corrected chi connectivity index (χ2v) is 4.21. The van der Waals surface area contributed by atoms with Gasteiger partial charge in [0.1, 0.15) is 0 Å². The Morgan fingerprint density at radius 2 is 1.76 bits per heavy atom. The van der Waals surface area contributed by atoms with Crippen LogP contribution in [0.15, 0.2) is 18.2 Å². The van der Waals surface area contributed by atoms with Gasteiger partial charge in [-0.15, -0.1) is 4.98 Å². The van der Waals surface area contributed by atoms with Gasteiger partial charge in [0.25, 0.3) is 0 Å². The zero-order chi connectivity index (χ0) is 15.2. The van der Waals surface area contributed by atoms with Crippen LogP contribution < -0.4 is 19.5 Å². The van der Waals surface area contributed by atoms with Gasteiger partial charge >= 0.3 is 12.0 Å². The molecule has 0 unspecified atom stereocenters. The molecule has 112 valence electrons. The minimum absolute atomic E-state index is 0.139. The van der Waals surface area contributed by atoms with Crippen LogP contribution >= 0.6 is 0 Å². The lowest BCUT2D eigenvalue weighted by Crippen LogP contribution is -2.06. The minimum Gasteiger partial charge on any atom is -0.493 e. The van der Waals surface area contributed by atoms with Gasteiger partial charge in [0, 0.05) is 6.54 Å². The van der Waals surface area contributed by atoms with E-state index in [9.17, 15) is 0 Å². The highest BCUT2D eigenvalue weighted by atomic mass is 16.5. The molecule has 0 aliphatic rings. The number of benzene rings is 1. The molecule has 2 rings (SSSR count). The molecule has 0 atom stereocenters. The predicted molar refractivity (Wildman–Crippen MR) is 78.3 cm³/mol. The van der Waals surface area contributed by atoms with Crippen molar-refractivity contribution in [3.8, 4) is 23.5 Å². The topological polar surface area (TPSA) is 78.4 Å². The number of aryl methyl sites for hydroxylation is 1. The fraction of sp³-hybridized carbons (Fsp3) is 0.357. The van der Waals surface area contributed by atoms with Crippen LogP contribution in [0.2, 0.25) is 0 Å². The summed E-state index contributed by atoms with van der Waals surface area (Å²) < 4.78 is 16.0. The van der Waals surface area contributed by atoms with Gasteiger partial charge in [0.05, 0.1) is 14.2 Å². The standard InChI is InChI=1S/C14H18N4O3/c1-5-15-12-16-13(20-4)18-14(17-12)21-10-7-6-9(2)8-11(10)19-3/h6-8H,5H2,1-4H3,(H,15,16,17,18). The third-order valence-electron chi connectivity index (χ3n) is 2.63. The van der Waals surface area contributed by atoms with Crippen molar-refractivity contribution in [1.29, 1.82) is 0 Å². The second-order valence-electron chi connectivity index (χ2n) is 4.21. The van der Waals surface area contributed by atoms with Crippen molar-refractivity contribution in [3.05, 3.63) is 23.8 Å². The molecule has 0 saturated heterocycles. The van der Waals surface area contributed by atoms with E-state index >= 15 is 0 Å². The zero-order valence-electron chi connectivity index (χ0n) is 12.5. The average Bonchev–Trinajstić information content (AvgIpc) is 2.49. The fourth-order valence-electron chi connectivity index (χ4n) is 1.67. The van der Waals surface area contributed by atoms with Gasteiger partial charge in [-0.2, -0.15) is 9.97 Å². The molecule has 0 saturated carbocycles. The summed E-state index contributed by atoms with van der Waals surface area (Å²) >= 11 is 0. The van der Waals surface area contributed by atoms with Crippen LogP contribution in [-0.2, 0) is 0 Å². The van der Waals surface area contributed by atoms with Crippen molar-refractivity contribution in [1.82, 2.24) is 15.0 Å². The number of ether oxygens (including phenoxy) is 3. The van der Waals surface area contributed by atoms with E-state index in [-0.39, 0.29) is 12.0 Å². The van der Waals surface area contributed by atoms with Gasteiger partial charge in [0.2, 0.25) is 5.95 Å². The van der Waals surface area contributed by atoms with E-state index in [2.05, 4.69) is 20.3 Å². The lowest BCUT2D eigenvalue weighted by atomic mass is 10.2. The second kappa shape index (κ2) is 6.74. The number of nitrogens with zero attached hydrogens (tertiary/aromatic N) is 3. The first-order chi connectivity index (χ1) is 10.2. The average molecular weight is 290 g/mol. The summed E-state index contributed by atoms with van der Waals surface area (Å²) in [5, 5.41) is 2.99. The van der Waals surface area contributed by atoms with Crippen molar-refractivity contribution < 1.29 is 14.2 Å². The highest BCUT2D eigenvalue weighted by Crippen LogP contribution is 2.31.